The molecule has 0 radical (unpaired) electrons. The monoisotopic (exact) mass is 946 g/mol. The molecule has 0 atom stereocenters. The summed E-state index contributed by atoms with van der Waals surface area (Å²) in [6.45, 7) is 0. The molecule has 8 bridgehead atoms. The average molecular weight is 947 g/mol. The lowest BCUT2D eigenvalue weighted by Crippen LogP contribution is -1.92. The van der Waals surface area contributed by atoms with Crippen LogP contribution in [-0.2, 0) is 4.79 Å². The second kappa shape index (κ2) is 19.0. The van der Waals surface area contributed by atoms with Crippen molar-refractivity contribution in [1.82, 2.24) is 19.9 Å². The Bertz CT molecular complexity index is 4130. The van der Waals surface area contributed by atoms with Crippen LogP contribution in [0.5, 0.6) is 0 Å². The average Bonchev–Trinajstić information content (AvgIpc) is 4.31. The number of hydrogen-bond acceptors (Lipinski definition) is 3. The zero-order chi connectivity index (χ0) is 49.4. The maximum Gasteiger partial charge on any atom is 0.152 e. The van der Waals surface area contributed by atoms with Gasteiger partial charge in [-0.3, -0.25) is 4.79 Å². The van der Waals surface area contributed by atoms with Gasteiger partial charge in [0.25, 0.3) is 0 Å². The van der Waals surface area contributed by atoms with E-state index in [9.17, 15) is 4.79 Å². The summed E-state index contributed by atoms with van der Waals surface area (Å²) in [4.78, 5) is 33.9. The summed E-state index contributed by atoms with van der Waals surface area (Å²) in [6, 6.07) is 84.3. The lowest BCUT2D eigenvalue weighted by Gasteiger charge is -2.11. The smallest absolute Gasteiger partial charge is 0.152 e. The molecule has 3 aromatic heterocycles. The molecule has 2 N–H and O–H groups in total. The van der Waals surface area contributed by atoms with E-state index in [1.165, 1.54) is 0 Å². The van der Waals surface area contributed by atoms with E-state index in [2.05, 4.69) is 241 Å². The first-order chi connectivity index (χ1) is 36.7. The van der Waals surface area contributed by atoms with Gasteiger partial charge in [-0.25, -0.2) is 9.97 Å². The zero-order valence-corrected chi connectivity index (χ0v) is 40.2. The third-order valence-corrected chi connectivity index (χ3v) is 14.1. The van der Waals surface area contributed by atoms with E-state index >= 15 is 0 Å². The quantitative estimate of drug-likeness (QED) is 0.142. The molecule has 8 aromatic carbocycles. The van der Waals surface area contributed by atoms with Gasteiger partial charge in [-0.15, -0.1) is 0 Å². The summed E-state index contributed by atoms with van der Waals surface area (Å²) in [5.41, 5.74) is 22.2. The van der Waals surface area contributed by atoms with E-state index < -0.39 is 0 Å². The molecule has 0 saturated carbocycles. The Hall–Kier alpha value is -9.97. The van der Waals surface area contributed by atoms with E-state index in [0.29, 0.717) is 17.0 Å². The van der Waals surface area contributed by atoms with E-state index in [1.807, 2.05) is 30.3 Å². The second-order valence-electron chi connectivity index (χ2n) is 18.5. The van der Waals surface area contributed by atoms with Crippen LogP contribution in [0, 0.1) is 0 Å². The third kappa shape index (κ3) is 7.72. The van der Waals surface area contributed by atoms with Crippen molar-refractivity contribution in [2.45, 2.75) is 0 Å². The molecule has 13 rings (SSSR count). The van der Waals surface area contributed by atoms with Crippen LogP contribution in [0.4, 0.5) is 0 Å². The topological polar surface area (TPSA) is 74.4 Å². The van der Waals surface area contributed by atoms with Gasteiger partial charge in [0.15, 0.2) is 6.29 Å². The Morgan fingerprint density at radius 1 is 0.270 bits per heavy atom. The van der Waals surface area contributed by atoms with Gasteiger partial charge in [0.2, 0.25) is 0 Å². The molecule has 0 saturated heterocycles. The molecule has 0 spiro atoms. The summed E-state index contributed by atoms with van der Waals surface area (Å²) >= 11 is 0. The van der Waals surface area contributed by atoms with Gasteiger partial charge in [-0.2, -0.15) is 0 Å². The number of fused-ring (bicyclic) bond motifs is 8. The van der Waals surface area contributed by atoms with Crippen molar-refractivity contribution in [3.05, 3.63) is 265 Å². The number of hydrogen-bond donors (Lipinski definition) is 2. The lowest BCUT2D eigenvalue weighted by atomic mass is 9.91. The Morgan fingerprint density at radius 2 is 0.514 bits per heavy atom. The van der Waals surface area contributed by atoms with Crippen LogP contribution < -0.4 is 0 Å². The first-order valence-corrected chi connectivity index (χ1v) is 24.9. The fourth-order valence-electron chi connectivity index (χ4n) is 10.9. The van der Waals surface area contributed by atoms with Gasteiger partial charge in [-0.1, -0.05) is 243 Å². The van der Waals surface area contributed by atoms with Crippen LogP contribution >= 0.6 is 0 Å². The van der Waals surface area contributed by atoms with Gasteiger partial charge in [-0.05, 0) is 62.7 Å². The molecule has 0 amide bonds. The molecule has 0 unspecified atom stereocenters. The fraction of sp³-hybridized carbons (Fsp3) is 0. The van der Waals surface area contributed by atoms with E-state index in [1.54, 1.807) is 0 Å². The van der Waals surface area contributed by atoms with Crippen LogP contribution in [0.1, 0.15) is 22.8 Å². The fourth-order valence-corrected chi connectivity index (χ4v) is 10.9. The number of nitrogens with one attached hydrogen (secondary N) is 2. The number of allylic oxidation sites excluding steroid dienone is 1. The zero-order valence-electron chi connectivity index (χ0n) is 40.2. The minimum atomic E-state index is 0.468. The van der Waals surface area contributed by atoms with Crippen molar-refractivity contribution >= 4 is 52.2 Å². The highest BCUT2D eigenvalue weighted by atomic mass is 16.1. The normalized spacial score (nSPS) is 11.9. The van der Waals surface area contributed by atoms with Crippen molar-refractivity contribution in [2.24, 2.45) is 0 Å². The maximum absolute atomic E-state index is 14.1. The van der Waals surface area contributed by atoms with Crippen LogP contribution in [0.3, 0.4) is 0 Å². The highest BCUT2D eigenvalue weighted by Crippen LogP contribution is 2.50. The van der Waals surface area contributed by atoms with Gasteiger partial charge in [0.1, 0.15) is 0 Å². The van der Waals surface area contributed by atoms with Crippen molar-refractivity contribution in [1.29, 1.82) is 0 Å². The molecule has 11 aromatic rings. The van der Waals surface area contributed by atoms with Gasteiger partial charge >= 0.3 is 0 Å². The molecule has 348 valence electrons. The van der Waals surface area contributed by atoms with E-state index in [-0.39, 0.29) is 0 Å². The molecule has 0 aliphatic carbocycles. The number of aromatic nitrogens is 4. The SMILES string of the molecule is O=CC1=Cc2nc1c(-c1ccccc1)c1[nH]c(c(-c3ccccc3)c3nc(c(-c4ccccc4)c4[nH]c(c2-c2ccccc2)c(-c2ccccc2)c4-c2ccccc2)C=C3)c(-c2ccccc2)c1-c1ccccc1. The Balaban J connectivity index is 1.38. The number of H-pyrrole nitrogens is 2. The molecule has 2 aliphatic rings. The van der Waals surface area contributed by atoms with Crippen LogP contribution in [0.25, 0.3) is 135 Å². The largest absolute Gasteiger partial charge is 0.353 e. The third-order valence-electron chi connectivity index (χ3n) is 14.1. The minimum Gasteiger partial charge on any atom is -0.353 e. The van der Waals surface area contributed by atoms with E-state index in [4.69, 9.17) is 9.97 Å². The van der Waals surface area contributed by atoms with Gasteiger partial charge < -0.3 is 9.97 Å². The van der Waals surface area contributed by atoms with Crippen LogP contribution in [0.15, 0.2) is 243 Å². The summed E-state index contributed by atoms with van der Waals surface area (Å²) in [6.07, 6.45) is 7.27. The number of nitrogens with zero attached hydrogens (tertiary/aromatic N) is 2. The molecule has 5 heteroatoms. The predicted octanol–water partition coefficient (Wildman–Crippen LogP) is 17.6. The Labute approximate surface area is 429 Å². The first kappa shape index (κ1) is 44.0. The van der Waals surface area contributed by atoms with E-state index in [0.717, 1.165) is 129 Å². The molecule has 5 heterocycles. The predicted molar refractivity (Wildman–Crippen MR) is 307 cm³/mol. The Morgan fingerprint density at radius 3 is 0.797 bits per heavy atom. The summed E-state index contributed by atoms with van der Waals surface area (Å²) in [7, 11) is 0. The number of benzene rings is 8. The maximum atomic E-state index is 14.1. The lowest BCUT2D eigenvalue weighted by molar-refractivity contribution is -0.103. The summed E-state index contributed by atoms with van der Waals surface area (Å²) in [5, 5.41) is 0. The number of aromatic amines is 2. The molecular weight excluding hydrogens is 901 g/mol. The molecule has 2 aliphatic heterocycles. The molecule has 74 heavy (non-hydrogen) atoms. The summed E-state index contributed by atoms with van der Waals surface area (Å²) in [5.74, 6) is 0. The Kier molecular flexibility index (Phi) is 11.3. The molecular formula is C69H46N4O. The standard InChI is InChI=1S/C69H46N4O/c74-44-53-43-56-59(47-29-13-3-14-30-47)68-61(49-33-17-5-18-34-49)60(48-31-15-4-16-32-48)66(72-68)57(45-25-9-1-10-26-45)54-41-42-55(70-54)58(46-27-11-2-12-28-46)67-62(50-35-19-6-20-36-50)63(51-37-21-7-22-38-51)69(73-67)64(65(53)71-56)52-39-23-8-24-40-52/h1-44,72-73H. The molecule has 0 fully saturated rings. The number of carbonyl (C=O) groups is 1. The second-order valence-corrected chi connectivity index (χ2v) is 18.5. The molecule has 5 nitrogen and oxygen atoms in total. The van der Waals surface area contributed by atoms with Crippen molar-refractivity contribution in [3.8, 4) is 89.0 Å². The van der Waals surface area contributed by atoms with Gasteiger partial charge in [0, 0.05) is 50.1 Å². The van der Waals surface area contributed by atoms with Crippen molar-refractivity contribution in [2.75, 3.05) is 0 Å². The minimum absolute atomic E-state index is 0.468. The highest BCUT2D eigenvalue weighted by Gasteiger charge is 2.29. The number of aldehydes is 1. The van der Waals surface area contributed by atoms with Crippen molar-refractivity contribution in [3.63, 3.8) is 0 Å². The van der Waals surface area contributed by atoms with Crippen molar-refractivity contribution < 1.29 is 4.79 Å². The highest BCUT2D eigenvalue weighted by molar-refractivity contribution is 6.21. The number of carbonyl (C=O) groups excluding carboxylic acids is 1. The summed E-state index contributed by atoms with van der Waals surface area (Å²) < 4.78 is 0. The van der Waals surface area contributed by atoms with Crippen LogP contribution in [0.2, 0.25) is 0 Å². The van der Waals surface area contributed by atoms with Crippen LogP contribution in [-0.4, -0.2) is 26.2 Å². The number of rotatable bonds is 9. The first-order valence-electron chi connectivity index (χ1n) is 24.9. The van der Waals surface area contributed by atoms with Gasteiger partial charge in [0.05, 0.1) is 44.8 Å².